The Morgan fingerprint density at radius 3 is 1.71 bits per heavy atom. The van der Waals surface area contributed by atoms with Gasteiger partial charge < -0.3 is 24.8 Å². The molecule has 3 heteroatoms. The monoisotopic (exact) mass is 806 g/mol. The Balaban J connectivity index is 0.000000320. The zero-order valence-electron chi connectivity index (χ0n) is 33.2. The van der Waals surface area contributed by atoms with Crippen LogP contribution in [0.25, 0.3) is 33.4 Å². The Kier molecular flexibility index (Phi) is 15.4. The number of aryl methyl sites for hydroxylation is 1. The van der Waals surface area contributed by atoms with Crippen molar-refractivity contribution in [3.63, 3.8) is 0 Å². The van der Waals surface area contributed by atoms with Gasteiger partial charge in [-0.1, -0.05) is 182 Å². The van der Waals surface area contributed by atoms with E-state index in [1.165, 1.54) is 96.5 Å². The summed E-state index contributed by atoms with van der Waals surface area (Å²) in [4.78, 5) is 0. The molecule has 274 valence electrons. The van der Waals surface area contributed by atoms with E-state index in [1.54, 1.807) is 29.8 Å². The Morgan fingerprint density at radius 1 is 0.692 bits per heavy atom. The summed E-state index contributed by atoms with van der Waals surface area (Å²) in [5, 5.41) is 0. The van der Waals surface area contributed by atoms with Crippen molar-refractivity contribution in [2.24, 2.45) is 0 Å². The van der Waals surface area contributed by atoms with E-state index in [0.29, 0.717) is 5.41 Å². The smallest absolute Gasteiger partial charge is 0.0533 e. The van der Waals surface area contributed by atoms with Crippen LogP contribution in [-0.4, -0.2) is 3.21 Å². The van der Waals surface area contributed by atoms with Gasteiger partial charge in [0.1, 0.15) is 0 Å². The number of fused-ring (bicyclic) bond motifs is 3. The van der Waals surface area contributed by atoms with Crippen LogP contribution in [0.3, 0.4) is 0 Å². The van der Waals surface area contributed by atoms with Crippen molar-refractivity contribution in [1.82, 2.24) is 0 Å². The quantitative estimate of drug-likeness (QED) is 0.161. The van der Waals surface area contributed by atoms with E-state index in [1.807, 2.05) is 0 Å². The van der Waals surface area contributed by atoms with Crippen molar-refractivity contribution >= 4 is 3.21 Å². The SMILES string of the molecule is CC(C)(C)c1cc2c([c-]c1-c1ccccc1)Cc1cc(-c3ccccc3)c(C(C)(C)C)cc1-2.C[C](C)=[Zr+2].Cc1cc(C2(C)CCCCC2)c[cH-]1.[Cl-].[Cl-]. The molecule has 2 aliphatic carbocycles. The summed E-state index contributed by atoms with van der Waals surface area (Å²) in [6.45, 7) is 22.8. The molecule has 0 spiro atoms. The van der Waals surface area contributed by atoms with Gasteiger partial charge in [0.15, 0.2) is 0 Å². The average Bonchev–Trinajstić information content (AvgIpc) is 3.67. The largest absolute Gasteiger partial charge is 1.00 e. The first-order valence-electron chi connectivity index (χ1n) is 18.7. The molecule has 0 atom stereocenters. The number of rotatable bonds is 3. The fourth-order valence-electron chi connectivity index (χ4n) is 7.66. The van der Waals surface area contributed by atoms with Crippen LogP contribution in [0.5, 0.6) is 0 Å². The van der Waals surface area contributed by atoms with E-state index in [2.05, 4.69) is 172 Å². The molecule has 0 saturated heterocycles. The minimum absolute atomic E-state index is 0. The van der Waals surface area contributed by atoms with Gasteiger partial charge in [-0.3, -0.25) is 0 Å². The standard InChI is InChI=1S/C33H33.C13H19.C3H6.2ClH.Zr/c1-32(2,3)30-20-26-24(18-28(30)22-13-9-7-10-14-22)17-25-19-29(23-15-11-8-12-16-23)31(21-27(25)26)33(4,5)6;1-11-6-7-12(10-11)13(2)8-4-3-5-9-13;1-3-2;;;/h7-16,18,20-21H,17H2,1-6H3;6-7,10H,3-5,8-9H2,1-2H3;1-2H3;2*1H;/q2*-1;;;;+2/p-2. The van der Waals surface area contributed by atoms with E-state index in [4.69, 9.17) is 0 Å². The second-order valence-electron chi connectivity index (χ2n) is 17.2. The van der Waals surface area contributed by atoms with Crippen LogP contribution >= 0.6 is 0 Å². The molecule has 0 heterocycles. The van der Waals surface area contributed by atoms with Crippen LogP contribution in [-0.2, 0) is 46.9 Å². The maximum Gasteiger partial charge on any atom is -0.0533 e. The molecular formula is C49H58Cl2Zr-2. The Bertz CT molecular complexity index is 1800. The molecule has 0 aliphatic heterocycles. The molecule has 1 saturated carbocycles. The average molecular weight is 809 g/mol. The van der Waals surface area contributed by atoms with Gasteiger partial charge in [-0.2, -0.15) is 23.3 Å². The topological polar surface area (TPSA) is 0 Å². The van der Waals surface area contributed by atoms with Gasteiger partial charge in [0.25, 0.3) is 0 Å². The molecule has 0 aromatic heterocycles. The molecule has 0 amide bonds. The van der Waals surface area contributed by atoms with Gasteiger partial charge in [-0.15, -0.1) is 28.8 Å². The van der Waals surface area contributed by atoms with E-state index >= 15 is 0 Å². The van der Waals surface area contributed by atoms with Crippen LogP contribution in [0.4, 0.5) is 0 Å². The fourth-order valence-corrected chi connectivity index (χ4v) is 7.66. The molecule has 52 heavy (non-hydrogen) atoms. The summed E-state index contributed by atoms with van der Waals surface area (Å²) >= 11 is 1.55. The molecule has 0 unspecified atom stereocenters. The second kappa shape index (κ2) is 18.3. The summed E-state index contributed by atoms with van der Waals surface area (Å²) in [7, 11) is 0. The molecular weight excluding hydrogens is 751 g/mol. The summed E-state index contributed by atoms with van der Waals surface area (Å²) in [5.41, 5.74) is 17.0. The number of benzene rings is 4. The Labute approximate surface area is 343 Å². The summed E-state index contributed by atoms with van der Waals surface area (Å²) in [6.07, 6.45) is 7.99. The molecule has 0 N–H and O–H groups in total. The fraction of sp³-hybridized carbons (Fsp3) is 0.388. The normalized spacial score (nSPS) is 14.2. The van der Waals surface area contributed by atoms with Crippen LogP contribution in [0, 0.1) is 13.0 Å². The first kappa shape index (κ1) is 44.0. The molecule has 5 aromatic rings. The maximum absolute atomic E-state index is 3.88. The summed E-state index contributed by atoms with van der Waals surface area (Å²) in [6, 6.07) is 39.8. The number of halogens is 2. The van der Waals surface area contributed by atoms with Crippen LogP contribution in [0.2, 0.25) is 0 Å². The van der Waals surface area contributed by atoms with Crippen molar-refractivity contribution in [2.75, 3.05) is 0 Å². The van der Waals surface area contributed by atoms with Gasteiger partial charge in [0.2, 0.25) is 0 Å². The van der Waals surface area contributed by atoms with E-state index in [0.717, 1.165) is 6.42 Å². The molecule has 0 radical (unpaired) electrons. The summed E-state index contributed by atoms with van der Waals surface area (Å²) < 4.78 is 1.51. The van der Waals surface area contributed by atoms with Gasteiger partial charge in [0, 0.05) is 0 Å². The predicted molar refractivity (Wildman–Crippen MR) is 215 cm³/mol. The van der Waals surface area contributed by atoms with Crippen LogP contribution in [0.15, 0.2) is 97.1 Å². The van der Waals surface area contributed by atoms with Crippen molar-refractivity contribution < 1.29 is 49.0 Å². The van der Waals surface area contributed by atoms with E-state index in [-0.39, 0.29) is 35.6 Å². The van der Waals surface area contributed by atoms with Crippen molar-refractivity contribution in [3.8, 4) is 33.4 Å². The third kappa shape index (κ3) is 10.6. The summed E-state index contributed by atoms with van der Waals surface area (Å²) in [5.74, 6) is 0. The third-order valence-corrected chi connectivity index (χ3v) is 10.4. The van der Waals surface area contributed by atoms with E-state index in [9.17, 15) is 0 Å². The second-order valence-corrected chi connectivity index (χ2v) is 19.7. The molecule has 7 rings (SSSR count). The van der Waals surface area contributed by atoms with Crippen LogP contribution < -0.4 is 24.8 Å². The Hall–Kier alpha value is -2.44. The molecule has 5 aromatic carbocycles. The zero-order chi connectivity index (χ0) is 36.3. The maximum atomic E-state index is 3.88. The van der Waals surface area contributed by atoms with Crippen molar-refractivity contribution in [3.05, 3.63) is 137 Å². The van der Waals surface area contributed by atoms with E-state index < -0.39 is 0 Å². The van der Waals surface area contributed by atoms with Crippen LogP contribution in [0.1, 0.15) is 128 Å². The Morgan fingerprint density at radius 2 is 1.21 bits per heavy atom. The van der Waals surface area contributed by atoms with Crippen molar-refractivity contribution in [1.29, 1.82) is 0 Å². The number of hydrogen-bond acceptors (Lipinski definition) is 0. The van der Waals surface area contributed by atoms with Gasteiger partial charge in [-0.25, -0.2) is 6.07 Å². The van der Waals surface area contributed by atoms with Gasteiger partial charge in [-0.05, 0) is 39.5 Å². The molecule has 2 aliphatic rings. The number of hydrogen-bond donors (Lipinski definition) is 0. The van der Waals surface area contributed by atoms with Gasteiger partial charge >= 0.3 is 41.3 Å². The minimum atomic E-state index is 0. The van der Waals surface area contributed by atoms with Gasteiger partial charge in [0.05, 0.1) is 0 Å². The molecule has 0 nitrogen and oxygen atoms in total. The predicted octanol–water partition coefficient (Wildman–Crippen LogP) is 7.68. The first-order chi connectivity index (χ1) is 23.6. The zero-order valence-corrected chi connectivity index (χ0v) is 37.2. The first-order valence-corrected chi connectivity index (χ1v) is 19.9. The van der Waals surface area contributed by atoms with Crippen molar-refractivity contribution in [2.45, 2.75) is 124 Å². The molecule has 1 fully saturated rings. The minimum Gasteiger partial charge on any atom is -1.00 e. The third-order valence-electron chi connectivity index (χ3n) is 10.4. The molecule has 0 bridgehead atoms.